The van der Waals surface area contributed by atoms with E-state index in [1.54, 1.807) is 21.7 Å². The zero-order valence-electron chi connectivity index (χ0n) is 20.7. The molecule has 2 atom stereocenters. The second-order valence-electron chi connectivity index (χ2n) is 9.91. The van der Waals surface area contributed by atoms with Gasteiger partial charge in [-0.05, 0) is 43.4 Å². The molecule has 2 aliphatic heterocycles. The van der Waals surface area contributed by atoms with E-state index in [0.29, 0.717) is 43.5 Å². The predicted octanol–water partition coefficient (Wildman–Crippen LogP) is 3.41. The standard InChI is InChI=1S/C26H29F3N6O3/c27-26(28,29)16-34-15-18(17-5-2-1-3-6-17)8-9-20(23(34)36)31-24(37)33-13-10-19(11-14-33)35-21-7-4-12-30-22(21)32-25(35)38/h1-7,12,18-20H,8-11,13-16H2,(H,31,37)(H,30,32,38)/t18-,20-/m1/s1. The van der Waals surface area contributed by atoms with E-state index in [0.717, 1.165) is 10.5 Å². The first-order valence-electron chi connectivity index (χ1n) is 12.7. The maximum absolute atomic E-state index is 13.3. The van der Waals surface area contributed by atoms with Gasteiger partial charge in [-0.3, -0.25) is 14.3 Å². The number of aromatic nitrogens is 3. The molecule has 0 aliphatic carbocycles. The predicted molar refractivity (Wildman–Crippen MR) is 134 cm³/mol. The van der Waals surface area contributed by atoms with Crippen molar-refractivity contribution in [3.63, 3.8) is 0 Å². The number of H-pyrrole nitrogens is 1. The molecule has 2 saturated heterocycles. The number of fused-ring (bicyclic) bond motifs is 1. The molecule has 12 heteroatoms. The highest BCUT2D eigenvalue weighted by Crippen LogP contribution is 2.30. The number of hydrogen-bond donors (Lipinski definition) is 2. The van der Waals surface area contributed by atoms with Crippen LogP contribution in [0.25, 0.3) is 11.2 Å². The van der Waals surface area contributed by atoms with Crippen molar-refractivity contribution in [2.45, 2.75) is 49.9 Å². The summed E-state index contributed by atoms with van der Waals surface area (Å²) in [7, 11) is 0. The molecule has 3 amide bonds. The lowest BCUT2D eigenvalue weighted by Crippen LogP contribution is -2.54. The summed E-state index contributed by atoms with van der Waals surface area (Å²) in [6, 6.07) is 11.1. The number of aromatic amines is 1. The highest BCUT2D eigenvalue weighted by atomic mass is 19.4. The van der Waals surface area contributed by atoms with Gasteiger partial charge in [0, 0.05) is 37.8 Å². The Morgan fingerprint density at radius 1 is 1.03 bits per heavy atom. The topological polar surface area (TPSA) is 103 Å². The summed E-state index contributed by atoms with van der Waals surface area (Å²) in [6.45, 7) is -0.735. The van der Waals surface area contributed by atoms with Crippen molar-refractivity contribution in [1.82, 2.24) is 29.7 Å². The van der Waals surface area contributed by atoms with E-state index in [9.17, 15) is 27.6 Å². The van der Waals surface area contributed by atoms with Crippen LogP contribution in [0.5, 0.6) is 0 Å². The number of amides is 3. The average Bonchev–Trinajstić information content (AvgIpc) is 3.16. The van der Waals surface area contributed by atoms with Crippen LogP contribution in [-0.2, 0) is 4.79 Å². The second kappa shape index (κ2) is 10.5. The van der Waals surface area contributed by atoms with Crippen molar-refractivity contribution < 1.29 is 22.8 Å². The Balaban J connectivity index is 1.25. The summed E-state index contributed by atoms with van der Waals surface area (Å²) in [5.74, 6) is -0.981. The summed E-state index contributed by atoms with van der Waals surface area (Å²) in [5, 5.41) is 2.70. The van der Waals surface area contributed by atoms with Gasteiger partial charge in [0.15, 0.2) is 5.65 Å². The molecule has 0 radical (unpaired) electrons. The van der Waals surface area contributed by atoms with Crippen molar-refractivity contribution >= 4 is 23.1 Å². The monoisotopic (exact) mass is 530 g/mol. The van der Waals surface area contributed by atoms with Crippen LogP contribution in [0.2, 0.25) is 0 Å². The Morgan fingerprint density at radius 3 is 2.47 bits per heavy atom. The van der Waals surface area contributed by atoms with Crippen LogP contribution in [0.4, 0.5) is 18.0 Å². The molecule has 0 saturated carbocycles. The first-order chi connectivity index (χ1) is 18.2. The molecule has 4 heterocycles. The molecular weight excluding hydrogens is 501 g/mol. The zero-order valence-corrected chi connectivity index (χ0v) is 20.7. The van der Waals surface area contributed by atoms with Gasteiger partial charge in [0.05, 0.1) is 5.52 Å². The normalized spacial score (nSPS) is 21.5. The third-order valence-corrected chi connectivity index (χ3v) is 7.40. The van der Waals surface area contributed by atoms with E-state index in [1.165, 1.54) is 0 Å². The van der Waals surface area contributed by atoms with Crippen LogP contribution in [0.1, 0.15) is 43.2 Å². The van der Waals surface area contributed by atoms with E-state index >= 15 is 0 Å². The molecule has 0 unspecified atom stereocenters. The van der Waals surface area contributed by atoms with Crippen LogP contribution in [0, 0.1) is 0 Å². The van der Waals surface area contributed by atoms with Crippen molar-refractivity contribution in [1.29, 1.82) is 0 Å². The fourth-order valence-electron chi connectivity index (χ4n) is 5.54. The van der Waals surface area contributed by atoms with Gasteiger partial charge in [0.25, 0.3) is 0 Å². The minimum atomic E-state index is -4.55. The Hall–Kier alpha value is -3.83. The molecule has 3 aromatic rings. The quantitative estimate of drug-likeness (QED) is 0.540. The number of pyridine rings is 1. The van der Waals surface area contributed by atoms with Gasteiger partial charge in [0.1, 0.15) is 12.6 Å². The van der Waals surface area contributed by atoms with Crippen LogP contribution in [-0.4, -0.2) is 74.7 Å². The number of benzene rings is 1. The van der Waals surface area contributed by atoms with Gasteiger partial charge in [-0.1, -0.05) is 30.3 Å². The lowest BCUT2D eigenvalue weighted by molar-refractivity contribution is -0.162. The lowest BCUT2D eigenvalue weighted by Gasteiger charge is -2.34. The van der Waals surface area contributed by atoms with Gasteiger partial charge >= 0.3 is 17.9 Å². The van der Waals surface area contributed by atoms with Crippen molar-refractivity contribution in [3.05, 3.63) is 64.7 Å². The number of alkyl halides is 3. The molecule has 2 aromatic heterocycles. The summed E-state index contributed by atoms with van der Waals surface area (Å²) in [6.07, 6.45) is -1.20. The first-order valence-corrected chi connectivity index (χ1v) is 12.7. The third-order valence-electron chi connectivity index (χ3n) is 7.40. The number of piperidine rings is 1. The number of rotatable bonds is 4. The third kappa shape index (κ3) is 5.53. The smallest absolute Gasteiger partial charge is 0.331 e. The fraction of sp³-hybridized carbons (Fsp3) is 0.462. The molecule has 2 aliphatic rings. The number of likely N-dealkylation sites (tertiary alicyclic amines) is 2. The number of nitrogens with zero attached hydrogens (tertiary/aromatic N) is 4. The van der Waals surface area contributed by atoms with Crippen molar-refractivity contribution in [3.8, 4) is 0 Å². The SMILES string of the molecule is O=C(N[C@@H]1CC[C@@H](c2ccccc2)CN(CC(F)(F)F)C1=O)N1CCC(n2c(=O)[nH]c3ncccc32)CC1. The molecule has 38 heavy (non-hydrogen) atoms. The van der Waals surface area contributed by atoms with Gasteiger partial charge < -0.3 is 15.1 Å². The number of nitrogens with one attached hydrogen (secondary N) is 2. The lowest BCUT2D eigenvalue weighted by atomic mass is 9.93. The molecule has 9 nitrogen and oxygen atoms in total. The van der Waals surface area contributed by atoms with Crippen molar-refractivity contribution in [2.24, 2.45) is 0 Å². The minimum absolute atomic E-state index is 0.0612. The summed E-state index contributed by atoms with van der Waals surface area (Å²) >= 11 is 0. The maximum atomic E-state index is 13.3. The van der Waals surface area contributed by atoms with Crippen LogP contribution >= 0.6 is 0 Å². The van der Waals surface area contributed by atoms with Gasteiger partial charge in [-0.2, -0.15) is 13.2 Å². The van der Waals surface area contributed by atoms with Crippen LogP contribution in [0.15, 0.2) is 53.5 Å². The Kier molecular flexibility index (Phi) is 7.13. The molecule has 202 valence electrons. The van der Waals surface area contributed by atoms with E-state index in [2.05, 4.69) is 15.3 Å². The zero-order chi connectivity index (χ0) is 26.9. The molecule has 2 N–H and O–H groups in total. The second-order valence-corrected chi connectivity index (χ2v) is 9.91. The van der Waals surface area contributed by atoms with Gasteiger partial charge in [-0.15, -0.1) is 0 Å². The fourth-order valence-corrected chi connectivity index (χ4v) is 5.54. The van der Waals surface area contributed by atoms with Crippen molar-refractivity contribution in [2.75, 3.05) is 26.2 Å². The molecule has 5 rings (SSSR count). The summed E-state index contributed by atoms with van der Waals surface area (Å²) in [5.41, 5.74) is 1.80. The minimum Gasteiger partial charge on any atom is -0.331 e. The van der Waals surface area contributed by atoms with Crippen LogP contribution in [0.3, 0.4) is 0 Å². The Labute approximate surface area is 216 Å². The van der Waals surface area contributed by atoms with E-state index in [4.69, 9.17) is 0 Å². The number of urea groups is 1. The molecule has 1 aromatic carbocycles. The van der Waals surface area contributed by atoms with Gasteiger partial charge in [0.2, 0.25) is 5.91 Å². The van der Waals surface area contributed by atoms with E-state index in [1.807, 2.05) is 36.4 Å². The average molecular weight is 531 g/mol. The Bertz CT molecular complexity index is 1350. The molecular formula is C26H29F3N6O3. The van der Waals surface area contributed by atoms with E-state index < -0.39 is 30.7 Å². The summed E-state index contributed by atoms with van der Waals surface area (Å²) < 4.78 is 41.6. The number of hydrogen-bond acceptors (Lipinski definition) is 4. The maximum Gasteiger partial charge on any atom is 0.406 e. The highest BCUT2D eigenvalue weighted by Gasteiger charge is 2.40. The summed E-state index contributed by atoms with van der Waals surface area (Å²) in [4.78, 5) is 48.0. The molecule has 0 spiro atoms. The Morgan fingerprint density at radius 2 is 1.76 bits per heavy atom. The van der Waals surface area contributed by atoms with Crippen LogP contribution < -0.4 is 11.0 Å². The highest BCUT2D eigenvalue weighted by molar-refractivity contribution is 5.87. The molecule has 2 fully saturated rings. The van der Waals surface area contributed by atoms with E-state index in [-0.39, 0.29) is 30.6 Å². The molecule has 0 bridgehead atoms. The number of carbonyl (C=O) groups is 2. The number of halogens is 3. The first kappa shape index (κ1) is 25.8. The van der Waals surface area contributed by atoms with Gasteiger partial charge in [-0.25, -0.2) is 14.6 Å². The largest absolute Gasteiger partial charge is 0.406 e. The number of imidazole rings is 1. The number of carbonyl (C=O) groups excluding carboxylic acids is 2.